The highest BCUT2D eigenvalue weighted by molar-refractivity contribution is 5.70. The predicted molar refractivity (Wildman–Crippen MR) is 65.0 cm³/mol. The van der Waals surface area contributed by atoms with E-state index in [0.717, 1.165) is 19.3 Å². The molecule has 0 heterocycles. The molecule has 1 aliphatic carbocycles. The highest BCUT2D eigenvalue weighted by atomic mass is 16.4. The van der Waals surface area contributed by atoms with Crippen molar-refractivity contribution in [2.75, 3.05) is 0 Å². The van der Waals surface area contributed by atoms with E-state index in [4.69, 9.17) is 5.11 Å². The number of phenols is 1. The summed E-state index contributed by atoms with van der Waals surface area (Å²) in [5, 5.41) is 18.3. The average Bonchev–Trinajstić information content (AvgIpc) is 2.29. The molecule has 92 valence electrons. The molecule has 0 unspecified atom stereocenters. The Kier molecular flexibility index (Phi) is 3.36. The molecule has 0 aliphatic heterocycles. The smallest absolute Gasteiger partial charge is 0.306 e. The first kappa shape index (κ1) is 12.0. The van der Waals surface area contributed by atoms with Gasteiger partial charge in [-0.2, -0.15) is 0 Å². The SMILES string of the molecule is C[C@@H]1C[C@H](c2ccc(O)cc2)CC[C@@H]1C(=O)O. The lowest BCUT2D eigenvalue weighted by Gasteiger charge is -2.32. The molecular weight excluding hydrogens is 216 g/mol. The van der Waals surface area contributed by atoms with Gasteiger partial charge in [-0.05, 0) is 48.8 Å². The fourth-order valence-corrected chi connectivity index (χ4v) is 2.81. The molecule has 0 saturated heterocycles. The van der Waals surface area contributed by atoms with Gasteiger partial charge in [-0.15, -0.1) is 0 Å². The van der Waals surface area contributed by atoms with Gasteiger partial charge in [-0.3, -0.25) is 4.79 Å². The van der Waals surface area contributed by atoms with Crippen LogP contribution < -0.4 is 0 Å². The summed E-state index contributed by atoms with van der Waals surface area (Å²) in [5.41, 5.74) is 1.21. The molecule has 3 atom stereocenters. The van der Waals surface area contributed by atoms with Crippen LogP contribution in [0.5, 0.6) is 5.75 Å². The standard InChI is InChI=1S/C14H18O3/c1-9-8-11(4-7-13(9)14(16)17)10-2-5-12(15)6-3-10/h2-3,5-6,9,11,13,15H,4,7-8H2,1H3,(H,16,17)/t9-,11-,13+/m1/s1. The Morgan fingerprint density at radius 3 is 2.41 bits per heavy atom. The first-order valence-corrected chi connectivity index (χ1v) is 6.09. The minimum absolute atomic E-state index is 0.191. The third kappa shape index (κ3) is 2.60. The van der Waals surface area contributed by atoms with Crippen molar-refractivity contribution in [1.82, 2.24) is 0 Å². The predicted octanol–water partition coefficient (Wildman–Crippen LogP) is 3.00. The van der Waals surface area contributed by atoms with E-state index in [1.165, 1.54) is 5.56 Å². The zero-order valence-corrected chi connectivity index (χ0v) is 9.97. The van der Waals surface area contributed by atoms with E-state index in [0.29, 0.717) is 5.92 Å². The zero-order chi connectivity index (χ0) is 12.4. The molecule has 3 heteroatoms. The summed E-state index contributed by atoms with van der Waals surface area (Å²) in [7, 11) is 0. The van der Waals surface area contributed by atoms with Gasteiger partial charge in [0.25, 0.3) is 0 Å². The van der Waals surface area contributed by atoms with Gasteiger partial charge in [0.15, 0.2) is 0 Å². The first-order valence-electron chi connectivity index (χ1n) is 6.09. The van der Waals surface area contributed by atoms with E-state index in [9.17, 15) is 9.90 Å². The Bertz CT molecular complexity index is 396. The van der Waals surface area contributed by atoms with Crippen molar-refractivity contribution in [2.45, 2.75) is 32.1 Å². The second-order valence-corrected chi connectivity index (χ2v) is 5.02. The molecular formula is C14H18O3. The van der Waals surface area contributed by atoms with Crippen LogP contribution in [-0.2, 0) is 4.79 Å². The van der Waals surface area contributed by atoms with Crippen molar-refractivity contribution < 1.29 is 15.0 Å². The maximum absolute atomic E-state index is 11.0. The maximum Gasteiger partial charge on any atom is 0.306 e. The summed E-state index contributed by atoms with van der Waals surface area (Å²) in [5.74, 6) is 0.0762. The molecule has 0 amide bonds. The van der Waals surface area contributed by atoms with Crippen molar-refractivity contribution in [3.8, 4) is 5.75 Å². The molecule has 0 bridgehead atoms. The maximum atomic E-state index is 11.0. The van der Waals surface area contributed by atoms with Gasteiger partial charge in [0, 0.05) is 0 Å². The summed E-state index contributed by atoms with van der Waals surface area (Å²) in [6, 6.07) is 7.27. The van der Waals surface area contributed by atoms with E-state index < -0.39 is 5.97 Å². The highest BCUT2D eigenvalue weighted by Gasteiger charge is 2.32. The molecule has 0 aromatic heterocycles. The van der Waals surface area contributed by atoms with Gasteiger partial charge in [0.1, 0.15) is 5.75 Å². The minimum atomic E-state index is -0.665. The third-order valence-electron chi connectivity index (χ3n) is 3.85. The van der Waals surface area contributed by atoms with Gasteiger partial charge in [-0.25, -0.2) is 0 Å². The molecule has 1 aromatic rings. The van der Waals surface area contributed by atoms with Crippen molar-refractivity contribution in [1.29, 1.82) is 0 Å². The van der Waals surface area contributed by atoms with Gasteiger partial charge in [0.05, 0.1) is 5.92 Å². The lowest BCUT2D eigenvalue weighted by Crippen LogP contribution is -2.28. The molecule has 1 fully saturated rings. The van der Waals surface area contributed by atoms with Crippen LogP contribution >= 0.6 is 0 Å². The van der Waals surface area contributed by atoms with Crippen LogP contribution in [0, 0.1) is 11.8 Å². The van der Waals surface area contributed by atoms with Crippen LogP contribution in [-0.4, -0.2) is 16.2 Å². The van der Waals surface area contributed by atoms with Gasteiger partial charge < -0.3 is 10.2 Å². The molecule has 2 rings (SSSR count). The molecule has 0 spiro atoms. The first-order chi connectivity index (χ1) is 8.08. The summed E-state index contributed by atoms with van der Waals surface area (Å²) in [4.78, 5) is 11.0. The summed E-state index contributed by atoms with van der Waals surface area (Å²) in [6.07, 6.45) is 2.59. The fourth-order valence-electron chi connectivity index (χ4n) is 2.81. The van der Waals surface area contributed by atoms with E-state index in [1.54, 1.807) is 12.1 Å². The lowest BCUT2D eigenvalue weighted by atomic mass is 9.73. The van der Waals surface area contributed by atoms with Gasteiger partial charge in [-0.1, -0.05) is 19.1 Å². The number of hydrogen-bond donors (Lipinski definition) is 2. The molecule has 1 saturated carbocycles. The van der Waals surface area contributed by atoms with Crippen LogP contribution in [0.3, 0.4) is 0 Å². The molecule has 2 N–H and O–H groups in total. The van der Waals surface area contributed by atoms with Crippen molar-refractivity contribution >= 4 is 5.97 Å². The number of aromatic hydroxyl groups is 1. The average molecular weight is 234 g/mol. The molecule has 1 aliphatic rings. The molecule has 1 aromatic carbocycles. The number of benzene rings is 1. The number of carbonyl (C=O) groups is 1. The fraction of sp³-hybridized carbons (Fsp3) is 0.500. The number of hydrogen-bond acceptors (Lipinski definition) is 2. The minimum Gasteiger partial charge on any atom is -0.508 e. The Morgan fingerprint density at radius 1 is 1.24 bits per heavy atom. The number of rotatable bonds is 2. The molecule has 3 nitrogen and oxygen atoms in total. The van der Waals surface area contributed by atoms with E-state index in [-0.39, 0.29) is 17.6 Å². The Hall–Kier alpha value is -1.51. The van der Waals surface area contributed by atoms with Crippen LogP contribution in [0.1, 0.15) is 37.7 Å². The summed E-state index contributed by atoms with van der Waals surface area (Å²) in [6.45, 7) is 2.02. The quantitative estimate of drug-likeness (QED) is 0.827. The van der Waals surface area contributed by atoms with Crippen LogP contribution in [0.15, 0.2) is 24.3 Å². The Morgan fingerprint density at radius 2 is 1.88 bits per heavy atom. The normalized spacial score (nSPS) is 28.9. The number of aliphatic carboxylic acids is 1. The van der Waals surface area contributed by atoms with Crippen LogP contribution in [0.4, 0.5) is 0 Å². The summed E-state index contributed by atoms with van der Waals surface area (Å²) < 4.78 is 0. The van der Waals surface area contributed by atoms with E-state index >= 15 is 0 Å². The zero-order valence-electron chi connectivity index (χ0n) is 9.97. The van der Waals surface area contributed by atoms with Crippen molar-refractivity contribution in [3.63, 3.8) is 0 Å². The molecule has 17 heavy (non-hydrogen) atoms. The number of carboxylic acid groups (broad SMARTS) is 1. The van der Waals surface area contributed by atoms with Gasteiger partial charge in [0.2, 0.25) is 0 Å². The second-order valence-electron chi connectivity index (χ2n) is 5.02. The lowest BCUT2D eigenvalue weighted by molar-refractivity contribution is -0.144. The number of phenolic OH excluding ortho intramolecular Hbond substituents is 1. The molecule has 0 radical (unpaired) electrons. The van der Waals surface area contributed by atoms with Crippen molar-refractivity contribution in [3.05, 3.63) is 29.8 Å². The van der Waals surface area contributed by atoms with Crippen LogP contribution in [0.25, 0.3) is 0 Å². The monoisotopic (exact) mass is 234 g/mol. The highest BCUT2D eigenvalue weighted by Crippen LogP contribution is 2.39. The Balaban J connectivity index is 2.06. The largest absolute Gasteiger partial charge is 0.508 e. The van der Waals surface area contributed by atoms with E-state index in [2.05, 4.69) is 0 Å². The van der Waals surface area contributed by atoms with E-state index in [1.807, 2.05) is 19.1 Å². The van der Waals surface area contributed by atoms with Gasteiger partial charge >= 0.3 is 5.97 Å². The van der Waals surface area contributed by atoms with Crippen molar-refractivity contribution in [2.24, 2.45) is 11.8 Å². The summed E-state index contributed by atoms with van der Waals surface area (Å²) >= 11 is 0. The Labute approximate surface area is 101 Å². The van der Waals surface area contributed by atoms with Crippen LogP contribution in [0.2, 0.25) is 0 Å². The topological polar surface area (TPSA) is 57.5 Å². The third-order valence-corrected chi connectivity index (χ3v) is 3.85. The second kappa shape index (κ2) is 4.78. The number of carboxylic acids is 1.